The van der Waals surface area contributed by atoms with Gasteiger partial charge in [0.2, 0.25) is 0 Å². The largest absolute Gasteiger partial charge is 0.481 e. The molecule has 7 nitrogen and oxygen atoms in total. The Balaban J connectivity index is 2.99. The van der Waals surface area contributed by atoms with Gasteiger partial charge in [-0.15, -0.1) is 0 Å². The van der Waals surface area contributed by atoms with Gasteiger partial charge in [0.25, 0.3) is 0 Å². The van der Waals surface area contributed by atoms with Crippen molar-refractivity contribution in [3.63, 3.8) is 0 Å². The second kappa shape index (κ2) is 12.3. The second-order valence-electron chi connectivity index (χ2n) is 3.48. The van der Waals surface area contributed by atoms with Crippen LogP contribution in [0.25, 0.3) is 0 Å². The average Bonchev–Trinajstić information content (AvgIpc) is 2.29. The molecule has 0 aliphatic carbocycles. The van der Waals surface area contributed by atoms with Gasteiger partial charge in [0, 0.05) is 13.0 Å². The van der Waals surface area contributed by atoms with Crippen molar-refractivity contribution in [1.29, 1.82) is 0 Å². The molecule has 106 valence electrons. The van der Waals surface area contributed by atoms with Crippen molar-refractivity contribution in [2.24, 2.45) is 0 Å². The van der Waals surface area contributed by atoms with Gasteiger partial charge in [0.15, 0.2) is 0 Å². The zero-order chi connectivity index (χ0) is 13.6. The van der Waals surface area contributed by atoms with Gasteiger partial charge in [-0.2, -0.15) is 0 Å². The van der Waals surface area contributed by atoms with E-state index in [4.69, 9.17) is 24.4 Å². The summed E-state index contributed by atoms with van der Waals surface area (Å²) in [6.07, 6.45) is 0.596. The number of carboxylic acids is 2. The third-order valence-electron chi connectivity index (χ3n) is 1.88. The van der Waals surface area contributed by atoms with Crippen molar-refractivity contribution in [2.45, 2.75) is 19.3 Å². The summed E-state index contributed by atoms with van der Waals surface area (Å²) in [5.41, 5.74) is 0. The predicted octanol–water partition coefficient (Wildman–Crippen LogP) is 0.376. The first-order valence-corrected chi connectivity index (χ1v) is 5.79. The lowest BCUT2D eigenvalue weighted by Crippen LogP contribution is -2.11. The summed E-state index contributed by atoms with van der Waals surface area (Å²) in [5.74, 6) is -1.71. The quantitative estimate of drug-likeness (QED) is 0.463. The molecule has 0 radical (unpaired) electrons. The van der Waals surface area contributed by atoms with Crippen LogP contribution in [0.5, 0.6) is 0 Å². The monoisotopic (exact) mass is 264 g/mol. The summed E-state index contributed by atoms with van der Waals surface area (Å²) in [6, 6.07) is 0. The third-order valence-corrected chi connectivity index (χ3v) is 1.88. The molecule has 0 atom stereocenters. The fraction of sp³-hybridized carbons (Fsp3) is 0.818. The Labute approximate surface area is 106 Å². The molecule has 0 bridgehead atoms. The number of carbonyl (C=O) groups is 2. The van der Waals surface area contributed by atoms with E-state index in [1.807, 2.05) is 0 Å². The van der Waals surface area contributed by atoms with E-state index in [1.165, 1.54) is 0 Å². The lowest BCUT2D eigenvalue weighted by molar-refractivity contribution is -0.139. The molecule has 0 aromatic heterocycles. The lowest BCUT2D eigenvalue weighted by Gasteiger charge is -2.05. The summed E-state index contributed by atoms with van der Waals surface area (Å²) >= 11 is 0. The summed E-state index contributed by atoms with van der Waals surface area (Å²) in [7, 11) is 0. The Hall–Kier alpha value is -1.18. The van der Waals surface area contributed by atoms with Crippen LogP contribution in [0.2, 0.25) is 0 Å². The van der Waals surface area contributed by atoms with E-state index in [2.05, 4.69) is 0 Å². The highest BCUT2D eigenvalue weighted by atomic mass is 16.5. The van der Waals surface area contributed by atoms with E-state index in [1.54, 1.807) is 0 Å². The molecule has 0 unspecified atom stereocenters. The first-order chi connectivity index (χ1) is 8.63. The van der Waals surface area contributed by atoms with Gasteiger partial charge in [-0.1, -0.05) is 0 Å². The molecule has 0 heterocycles. The Morgan fingerprint density at radius 2 is 1.11 bits per heavy atom. The Kier molecular flexibility index (Phi) is 11.5. The van der Waals surface area contributed by atoms with E-state index in [0.717, 1.165) is 0 Å². The van der Waals surface area contributed by atoms with Gasteiger partial charge >= 0.3 is 11.9 Å². The smallest absolute Gasteiger partial charge is 0.305 e. The first-order valence-electron chi connectivity index (χ1n) is 5.79. The van der Waals surface area contributed by atoms with Crippen LogP contribution in [-0.4, -0.2) is 61.8 Å². The number of ether oxygens (including phenoxy) is 3. The zero-order valence-corrected chi connectivity index (χ0v) is 10.3. The molecule has 0 aromatic carbocycles. The van der Waals surface area contributed by atoms with Crippen molar-refractivity contribution in [3.8, 4) is 0 Å². The molecule has 0 saturated carbocycles. The maximum absolute atomic E-state index is 10.2. The minimum Gasteiger partial charge on any atom is -0.481 e. The van der Waals surface area contributed by atoms with E-state index in [0.29, 0.717) is 39.5 Å². The zero-order valence-electron chi connectivity index (χ0n) is 10.3. The fourth-order valence-corrected chi connectivity index (χ4v) is 1.03. The van der Waals surface area contributed by atoms with Crippen LogP contribution in [0.15, 0.2) is 0 Å². The Morgan fingerprint density at radius 1 is 0.667 bits per heavy atom. The van der Waals surface area contributed by atoms with Crippen LogP contribution < -0.4 is 0 Å². The van der Waals surface area contributed by atoms with Gasteiger partial charge < -0.3 is 24.4 Å². The van der Waals surface area contributed by atoms with Crippen LogP contribution in [0, 0.1) is 0 Å². The van der Waals surface area contributed by atoms with E-state index in [-0.39, 0.29) is 19.4 Å². The van der Waals surface area contributed by atoms with E-state index >= 15 is 0 Å². The summed E-state index contributed by atoms with van der Waals surface area (Å²) in [6.45, 7) is 2.16. The molecule has 0 spiro atoms. The van der Waals surface area contributed by atoms with Gasteiger partial charge in [-0.3, -0.25) is 9.59 Å². The van der Waals surface area contributed by atoms with Crippen LogP contribution >= 0.6 is 0 Å². The standard InChI is InChI=1S/C11H20O7/c12-10(13)2-1-4-16-6-8-18-9-7-17-5-3-11(14)15/h1-9H2,(H,12,13)(H,14,15). The Morgan fingerprint density at radius 3 is 1.61 bits per heavy atom. The maximum atomic E-state index is 10.2. The highest BCUT2D eigenvalue weighted by Gasteiger charge is 1.97. The maximum Gasteiger partial charge on any atom is 0.305 e. The van der Waals surface area contributed by atoms with Crippen molar-refractivity contribution in [2.75, 3.05) is 39.6 Å². The lowest BCUT2D eigenvalue weighted by atomic mass is 10.3. The average molecular weight is 264 g/mol. The van der Waals surface area contributed by atoms with Crippen molar-refractivity contribution in [3.05, 3.63) is 0 Å². The van der Waals surface area contributed by atoms with Crippen molar-refractivity contribution in [1.82, 2.24) is 0 Å². The van der Waals surface area contributed by atoms with Crippen molar-refractivity contribution >= 4 is 11.9 Å². The predicted molar refractivity (Wildman–Crippen MR) is 61.6 cm³/mol. The minimum atomic E-state index is -0.884. The number of hydrogen-bond donors (Lipinski definition) is 2. The summed E-state index contributed by atoms with van der Waals surface area (Å²) in [4.78, 5) is 20.3. The highest BCUT2D eigenvalue weighted by Crippen LogP contribution is 1.90. The topological polar surface area (TPSA) is 102 Å². The molecule has 18 heavy (non-hydrogen) atoms. The fourth-order valence-electron chi connectivity index (χ4n) is 1.03. The van der Waals surface area contributed by atoms with Crippen LogP contribution in [0.4, 0.5) is 0 Å². The number of aliphatic carboxylic acids is 2. The van der Waals surface area contributed by atoms with Gasteiger partial charge in [-0.05, 0) is 6.42 Å². The van der Waals surface area contributed by atoms with Crippen LogP contribution in [0.1, 0.15) is 19.3 Å². The van der Waals surface area contributed by atoms with Gasteiger partial charge in [0.05, 0.1) is 39.5 Å². The first kappa shape index (κ1) is 16.8. The molecule has 0 aliphatic rings. The minimum absolute atomic E-state index is 0.00725. The number of rotatable bonds is 13. The molecular weight excluding hydrogens is 244 g/mol. The molecule has 7 heteroatoms. The third kappa shape index (κ3) is 14.8. The summed E-state index contributed by atoms with van der Waals surface area (Å²) < 4.78 is 15.3. The molecule has 2 N–H and O–H groups in total. The molecule has 0 aromatic rings. The van der Waals surface area contributed by atoms with Crippen LogP contribution in [-0.2, 0) is 23.8 Å². The van der Waals surface area contributed by atoms with E-state index in [9.17, 15) is 9.59 Å². The molecule has 0 amide bonds. The molecule has 0 aliphatic heterocycles. The SMILES string of the molecule is O=C(O)CCCOCCOCCOCCC(=O)O. The van der Waals surface area contributed by atoms with E-state index < -0.39 is 11.9 Å². The number of hydrogen-bond acceptors (Lipinski definition) is 5. The van der Waals surface area contributed by atoms with Gasteiger partial charge in [-0.25, -0.2) is 0 Å². The summed E-state index contributed by atoms with van der Waals surface area (Å²) in [5, 5.41) is 16.7. The van der Waals surface area contributed by atoms with Crippen molar-refractivity contribution < 1.29 is 34.0 Å². The highest BCUT2D eigenvalue weighted by molar-refractivity contribution is 5.66. The van der Waals surface area contributed by atoms with Gasteiger partial charge in [0.1, 0.15) is 0 Å². The second-order valence-corrected chi connectivity index (χ2v) is 3.48. The normalized spacial score (nSPS) is 10.4. The molecule has 0 saturated heterocycles. The molecular formula is C11H20O7. The molecule has 0 fully saturated rings. The molecule has 0 rings (SSSR count). The Bertz CT molecular complexity index is 205. The number of carboxylic acid groups (broad SMARTS) is 2. The van der Waals surface area contributed by atoms with Crippen LogP contribution in [0.3, 0.4) is 0 Å².